The Bertz CT molecular complexity index is 1250. The van der Waals surface area contributed by atoms with Crippen molar-refractivity contribution in [3.63, 3.8) is 0 Å². The number of nitrogens with one attached hydrogen (secondary N) is 1. The van der Waals surface area contributed by atoms with Crippen molar-refractivity contribution in [2.75, 3.05) is 19.6 Å². The first-order valence-corrected chi connectivity index (χ1v) is 14.8. The molecule has 7 nitrogen and oxygen atoms in total. The fourth-order valence-electron chi connectivity index (χ4n) is 5.32. The third-order valence-electron chi connectivity index (χ3n) is 8.01. The van der Waals surface area contributed by atoms with Gasteiger partial charge in [-0.15, -0.1) is 0 Å². The molecule has 2 heterocycles. The van der Waals surface area contributed by atoms with Crippen LogP contribution in [0.15, 0.2) is 85.1 Å². The first-order valence-electron chi connectivity index (χ1n) is 14.8. The fraction of sp³-hybridized carbons (Fsp3) is 0.412. The molecule has 3 atom stereocenters. The van der Waals surface area contributed by atoms with Crippen LogP contribution < -0.4 is 5.32 Å². The number of pyridine rings is 1. The summed E-state index contributed by atoms with van der Waals surface area (Å²) in [6.07, 6.45) is 5.95. The number of rotatable bonds is 13. The Balaban J connectivity index is 1.50. The van der Waals surface area contributed by atoms with Crippen LogP contribution in [-0.4, -0.2) is 64.2 Å². The van der Waals surface area contributed by atoms with Crippen LogP contribution >= 0.6 is 0 Å². The third kappa shape index (κ3) is 8.49. The number of aryl methyl sites for hydroxylation is 1. The lowest BCUT2D eigenvalue weighted by molar-refractivity contribution is -0.138. The second-order valence-electron chi connectivity index (χ2n) is 10.9. The molecule has 41 heavy (non-hydrogen) atoms. The average Bonchev–Trinajstić information content (AvgIpc) is 3.49. The molecule has 1 fully saturated rings. The molecule has 1 aliphatic rings. The maximum absolute atomic E-state index is 14.0. The van der Waals surface area contributed by atoms with E-state index >= 15 is 0 Å². The van der Waals surface area contributed by atoms with Gasteiger partial charge in [-0.1, -0.05) is 80.6 Å². The van der Waals surface area contributed by atoms with E-state index in [0.717, 1.165) is 24.0 Å². The molecule has 3 aromatic rings. The number of carbonyl (C=O) groups excluding carboxylic acids is 3. The predicted molar refractivity (Wildman–Crippen MR) is 161 cm³/mol. The van der Waals surface area contributed by atoms with E-state index in [1.807, 2.05) is 78.2 Å². The van der Waals surface area contributed by atoms with E-state index in [-0.39, 0.29) is 29.7 Å². The summed E-state index contributed by atoms with van der Waals surface area (Å²) in [5, 5.41) is 3.06. The van der Waals surface area contributed by atoms with Crippen molar-refractivity contribution >= 4 is 17.7 Å². The van der Waals surface area contributed by atoms with Gasteiger partial charge in [-0.3, -0.25) is 19.4 Å². The lowest BCUT2D eigenvalue weighted by Crippen LogP contribution is -2.53. The van der Waals surface area contributed by atoms with Crippen LogP contribution in [0.25, 0.3) is 0 Å². The fourth-order valence-corrected chi connectivity index (χ4v) is 5.32. The standard InChI is InChI=1S/C34H42N4O3/c1-3-26(2)32(39)36-31(20-19-27-13-6-4-7-14-27)34(41)38-23-12-17-29(38)25-37(24-21-28-15-8-5-9-16-28)33(40)30-18-10-11-22-35-30/h4-11,13-16,18,22,26,29,31H,3,12,17,19-21,23-25H2,1-2H3,(H,36,39)/t26-,29+,31+/m1/s1. The molecule has 4 rings (SSSR count). The largest absolute Gasteiger partial charge is 0.344 e. The summed E-state index contributed by atoms with van der Waals surface area (Å²) in [7, 11) is 0. The molecule has 1 aromatic heterocycles. The Morgan fingerprint density at radius 2 is 1.61 bits per heavy atom. The zero-order chi connectivity index (χ0) is 29.0. The summed E-state index contributed by atoms with van der Waals surface area (Å²) < 4.78 is 0. The van der Waals surface area contributed by atoms with Crippen LogP contribution in [0.5, 0.6) is 0 Å². The summed E-state index contributed by atoms with van der Waals surface area (Å²) in [6, 6.07) is 24.8. The summed E-state index contributed by atoms with van der Waals surface area (Å²) in [5.74, 6) is -0.453. The summed E-state index contributed by atoms with van der Waals surface area (Å²) in [5.41, 5.74) is 2.69. The maximum Gasteiger partial charge on any atom is 0.272 e. The maximum atomic E-state index is 14.0. The van der Waals surface area contributed by atoms with Crippen LogP contribution in [-0.2, 0) is 22.4 Å². The van der Waals surface area contributed by atoms with Crippen LogP contribution in [0.2, 0.25) is 0 Å². The van der Waals surface area contributed by atoms with E-state index in [2.05, 4.69) is 22.4 Å². The van der Waals surface area contributed by atoms with Gasteiger partial charge in [-0.05, 0) is 61.8 Å². The quantitative estimate of drug-likeness (QED) is 0.325. The molecule has 2 aromatic carbocycles. The van der Waals surface area contributed by atoms with Gasteiger partial charge in [0, 0.05) is 37.8 Å². The van der Waals surface area contributed by atoms with Crippen molar-refractivity contribution < 1.29 is 14.4 Å². The number of hydrogen-bond donors (Lipinski definition) is 1. The van der Waals surface area contributed by atoms with Crippen molar-refractivity contribution in [1.82, 2.24) is 20.1 Å². The number of aromatic nitrogens is 1. The molecule has 1 saturated heterocycles. The molecule has 0 bridgehead atoms. The number of amides is 3. The zero-order valence-corrected chi connectivity index (χ0v) is 24.2. The van der Waals surface area contributed by atoms with E-state index in [4.69, 9.17) is 0 Å². The average molecular weight is 555 g/mol. The smallest absolute Gasteiger partial charge is 0.272 e. The first kappa shape index (κ1) is 30.0. The van der Waals surface area contributed by atoms with Crippen molar-refractivity contribution in [2.24, 2.45) is 5.92 Å². The van der Waals surface area contributed by atoms with E-state index in [1.54, 1.807) is 18.3 Å². The lowest BCUT2D eigenvalue weighted by atomic mass is 10.0. The predicted octanol–water partition coefficient (Wildman–Crippen LogP) is 4.92. The molecule has 3 amide bonds. The Morgan fingerprint density at radius 1 is 0.951 bits per heavy atom. The Hall–Kier alpha value is -4.00. The van der Waals surface area contributed by atoms with Gasteiger partial charge in [0.25, 0.3) is 5.91 Å². The van der Waals surface area contributed by atoms with E-state index in [9.17, 15) is 14.4 Å². The van der Waals surface area contributed by atoms with Crippen molar-refractivity contribution in [3.8, 4) is 0 Å². The van der Waals surface area contributed by atoms with Gasteiger partial charge in [0.05, 0.1) is 0 Å². The van der Waals surface area contributed by atoms with Crippen LogP contribution in [0, 0.1) is 5.92 Å². The van der Waals surface area contributed by atoms with Crippen LogP contribution in [0.1, 0.15) is 61.1 Å². The van der Waals surface area contributed by atoms with Gasteiger partial charge in [-0.25, -0.2) is 0 Å². The highest BCUT2D eigenvalue weighted by molar-refractivity contribution is 5.92. The molecule has 0 saturated carbocycles. The molecular formula is C34H42N4O3. The SMILES string of the molecule is CC[C@@H](C)C(=O)N[C@@H](CCc1ccccc1)C(=O)N1CCC[C@H]1CN(CCc1ccccc1)C(=O)c1ccccn1. The third-order valence-corrected chi connectivity index (χ3v) is 8.01. The van der Waals surface area contributed by atoms with Gasteiger partial charge in [0.2, 0.25) is 11.8 Å². The van der Waals surface area contributed by atoms with Crippen molar-refractivity contribution in [2.45, 2.75) is 64.5 Å². The molecule has 0 radical (unpaired) electrons. The second kappa shape index (κ2) is 15.1. The van der Waals surface area contributed by atoms with Crippen LogP contribution in [0.3, 0.4) is 0 Å². The Kier molecular flexibility index (Phi) is 11.1. The molecule has 1 N–H and O–H groups in total. The molecule has 0 spiro atoms. The topological polar surface area (TPSA) is 82.6 Å². The highest BCUT2D eigenvalue weighted by Crippen LogP contribution is 2.22. The number of carbonyl (C=O) groups is 3. The minimum absolute atomic E-state index is 0.0617. The van der Waals surface area contributed by atoms with Crippen LogP contribution in [0.4, 0.5) is 0 Å². The van der Waals surface area contributed by atoms with Gasteiger partial charge in [-0.2, -0.15) is 0 Å². The molecule has 216 valence electrons. The minimum atomic E-state index is -0.610. The monoisotopic (exact) mass is 554 g/mol. The van der Waals surface area contributed by atoms with E-state index < -0.39 is 6.04 Å². The number of nitrogens with zero attached hydrogens (tertiary/aromatic N) is 3. The van der Waals surface area contributed by atoms with Gasteiger partial charge < -0.3 is 15.1 Å². The molecule has 0 aliphatic carbocycles. The summed E-state index contributed by atoms with van der Waals surface area (Å²) >= 11 is 0. The van der Waals surface area contributed by atoms with E-state index in [1.165, 1.54) is 0 Å². The van der Waals surface area contributed by atoms with E-state index in [0.29, 0.717) is 51.0 Å². The normalized spacial score (nSPS) is 16.1. The van der Waals surface area contributed by atoms with Crippen molar-refractivity contribution in [1.29, 1.82) is 0 Å². The Morgan fingerprint density at radius 3 is 2.24 bits per heavy atom. The first-order chi connectivity index (χ1) is 20.0. The number of likely N-dealkylation sites (tertiary alicyclic amines) is 1. The van der Waals surface area contributed by atoms with Gasteiger partial charge >= 0.3 is 0 Å². The lowest BCUT2D eigenvalue weighted by Gasteiger charge is -2.33. The van der Waals surface area contributed by atoms with Crippen molar-refractivity contribution in [3.05, 3.63) is 102 Å². The molecule has 7 heteroatoms. The molecular weight excluding hydrogens is 512 g/mol. The highest BCUT2D eigenvalue weighted by atomic mass is 16.2. The minimum Gasteiger partial charge on any atom is -0.344 e. The second-order valence-corrected chi connectivity index (χ2v) is 10.9. The Labute approximate surface area is 244 Å². The molecule has 1 aliphatic heterocycles. The summed E-state index contributed by atoms with van der Waals surface area (Å²) in [4.78, 5) is 48.5. The van der Waals surface area contributed by atoms with Gasteiger partial charge in [0.15, 0.2) is 0 Å². The number of benzene rings is 2. The van der Waals surface area contributed by atoms with Gasteiger partial charge in [0.1, 0.15) is 11.7 Å². The summed E-state index contributed by atoms with van der Waals surface area (Å²) in [6.45, 7) is 5.44. The zero-order valence-electron chi connectivity index (χ0n) is 24.2. The number of hydrogen-bond acceptors (Lipinski definition) is 4. The molecule has 0 unspecified atom stereocenters. The highest BCUT2D eigenvalue weighted by Gasteiger charge is 2.36.